The van der Waals surface area contributed by atoms with Crippen molar-refractivity contribution in [3.05, 3.63) is 35.6 Å². The van der Waals surface area contributed by atoms with Gasteiger partial charge in [0.1, 0.15) is 5.01 Å². The molecule has 1 atom stereocenters. The minimum absolute atomic E-state index is 0. The van der Waals surface area contributed by atoms with Crippen LogP contribution < -0.4 is 11.1 Å². The molecule has 0 aromatic carbocycles. The number of thiazole rings is 1. The third-order valence-electron chi connectivity index (χ3n) is 2.85. The number of amides is 1. The van der Waals surface area contributed by atoms with Crippen LogP contribution in [0.2, 0.25) is 0 Å². The number of carbonyl (C=O) groups is 1. The molecular formula is C14H20Cl2N4OS. The summed E-state index contributed by atoms with van der Waals surface area (Å²) < 4.78 is 0. The van der Waals surface area contributed by atoms with E-state index in [1.165, 1.54) is 11.3 Å². The van der Waals surface area contributed by atoms with Crippen molar-refractivity contribution in [2.75, 3.05) is 13.1 Å². The number of nitrogens with two attached hydrogens (primary N) is 1. The molecule has 0 saturated carbocycles. The quantitative estimate of drug-likeness (QED) is 0.825. The van der Waals surface area contributed by atoms with E-state index >= 15 is 0 Å². The number of aromatic nitrogens is 2. The molecule has 0 saturated heterocycles. The van der Waals surface area contributed by atoms with Crippen molar-refractivity contribution < 1.29 is 4.79 Å². The number of nitrogens with zero attached hydrogens (tertiary/aromatic N) is 2. The first-order chi connectivity index (χ1) is 9.69. The standard InChI is InChI=1S/C14H18N4OS.2ClH/c1-10(6-15)7-17-13(19)5-12-9-20-14(18-12)11-3-2-4-16-8-11;;/h2-4,8-10H,5-7,15H2,1H3,(H,17,19);2*1H. The summed E-state index contributed by atoms with van der Waals surface area (Å²) in [6.07, 6.45) is 3.80. The molecule has 2 rings (SSSR count). The normalized spacial score (nSPS) is 11.0. The zero-order valence-electron chi connectivity index (χ0n) is 12.2. The van der Waals surface area contributed by atoms with Crippen molar-refractivity contribution in [2.24, 2.45) is 11.7 Å². The third-order valence-corrected chi connectivity index (χ3v) is 3.79. The lowest BCUT2D eigenvalue weighted by Crippen LogP contribution is -2.32. The molecule has 0 radical (unpaired) electrons. The average Bonchev–Trinajstić information content (AvgIpc) is 2.94. The third kappa shape index (κ3) is 6.27. The maximum atomic E-state index is 11.8. The fourth-order valence-electron chi connectivity index (χ4n) is 1.61. The fraction of sp³-hybridized carbons (Fsp3) is 0.357. The zero-order valence-corrected chi connectivity index (χ0v) is 14.6. The van der Waals surface area contributed by atoms with Crippen LogP contribution in [0, 0.1) is 5.92 Å². The zero-order chi connectivity index (χ0) is 14.4. The molecule has 22 heavy (non-hydrogen) atoms. The second-order valence-corrected chi connectivity index (χ2v) is 5.57. The molecule has 3 N–H and O–H groups in total. The van der Waals surface area contributed by atoms with E-state index < -0.39 is 0 Å². The van der Waals surface area contributed by atoms with Gasteiger partial charge in [0.2, 0.25) is 5.91 Å². The minimum atomic E-state index is -0.0201. The molecule has 0 aliphatic carbocycles. The topological polar surface area (TPSA) is 80.9 Å². The highest BCUT2D eigenvalue weighted by atomic mass is 35.5. The number of rotatable bonds is 6. The molecule has 0 aliphatic heterocycles. The smallest absolute Gasteiger partial charge is 0.226 e. The van der Waals surface area contributed by atoms with Gasteiger partial charge >= 0.3 is 0 Å². The van der Waals surface area contributed by atoms with Crippen molar-refractivity contribution in [2.45, 2.75) is 13.3 Å². The number of nitrogens with one attached hydrogen (secondary N) is 1. The van der Waals surface area contributed by atoms with Crippen molar-refractivity contribution in [3.8, 4) is 10.6 Å². The van der Waals surface area contributed by atoms with Gasteiger partial charge in [-0.05, 0) is 24.6 Å². The summed E-state index contributed by atoms with van der Waals surface area (Å²) in [7, 11) is 0. The van der Waals surface area contributed by atoms with Gasteiger partial charge in [0.15, 0.2) is 0 Å². The van der Waals surface area contributed by atoms with Crippen LogP contribution in [0.15, 0.2) is 29.9 Å². The Labute approximate surface area is 146 Å². The Hall–Kier alpha value is -1.21. The molecule has 1 unspecified atom stereocenters. The van der Waals surface area contributed by atoms with Crippen LogP contribution in [-0.4, -0.2) is 29.0 Å². The van der Waals surface area contributed by atoms with E-state index in [2.05, 4.69) is 15.3 Å². The van der Waals surface area contributed by atoms with E-state index in [4.69, 9.17) is 5.73 Å². The van der Waals surface area contributed by atoms with Gasteiger partial charge in [-0.15, -0.1) is 36.2 Å². The van der Waals surface area contributed by atoms with E-state index in [0.717, 1.165) is 16.3 Å². The first-order valence-electron chi connectivity index (χ1n) is 6.50. The summed E-state index contributed by atoms with van der Waals surface area (Å²) in [4.78, 5) is 20.3. The highest BCUT2D eigenvalue weighted by molar-refractivity contribution is 7.13. The molecule has 122 valence electrons. The first-order valence-corrected chi connectivity index (χ1v) is 7.38. The van der Waals surface area contributed by atoms with Crippen molar-refractivity contribution >= 4 is 42.1 Å². The average molecular weight is 363 g/mol. The number of halogens is 2. The summed E-state index contributed by atoms with van der Waals surface area (Å²) >= 11 is 1.52. The summed E-state index contributed by atoms with van der Waals surface area (Å²) in [6.45, 7) is 3.18. The maximum absolute atomic E-state index is 11.8. The van der Waals surface area contributed by atoms with Crippen LogP contribution in [-0.2, 0) is 11.2 Å². The van der Waals surface area contributed by atoms with Gasteiger partial charge in [0, 0.05) is 29.9 Å². The van der Waals surface area contributed by atoms with Gasteiger partial charge in [-0.25, -0.2) is 4.98 Å². The van der Waals surface area contributed by atoms with E-state index in [-0.39, 0.29) is 30.7 Å². The van der Waals surface area contributed by atoms with Crippen molar-refractivity contribution in [1.82, 2.24) is 15.3 Å². The molecule has 2 aromatic rings. The van der Waals surface area contributed by atoms with Gasteiger partial charge in [0.25, 0.3) is 0 Å². The Morgan fingerprint density at radius 3 is 2.86 bits per heavy atom. The van der Waals surface area contributed by atoms with Gasteiger partial charge in [0.05, 0.1) is 12.1 Å². The lowest BCUT2D eigenvalue weighted by molar-refractivity contribution is -0.120. The summed E-state index contributed by atoms with van der Waals surface area (Å²) in [5.74, 6) is 0.272. The summed E-state index contributed by atoms with van der Waals surface area (Å²) in [5.41, 5.74) is 7.27. The van der Waals surface area contributed by atoms with Crippen LogP contribution in [0.4, 0.5) is 0 Å². The second-order valence-electron chi connectivity index (χ2n) is 4.71. The number of carbonyl (C=O) groups excluding carboxylic acids is 1. The molecular weight excluding hydrogens is 343 g/mol. The lowest BCUT2D eigenvalue weighted by atomic mass is 10.2. The summed E-state index contributed by atoms with van der Waals surface area (Å²) in [5, 5.41) is 5.66. The molecule has 0 spiro atoms. The lowest BCUT2D eigenvalue weighted by Gasteiger charge is -2.09. The van der Waals surface area contributed by atoms with Crippen LogP contribution in [0.25, 0.3) is 10.6 Å². The van der Waals surface area contributed by atoms with E-state index in [1.807, 2.05) is 24.4 Å². The molecule has 5 nitrogen and oxygen atoms in total. The minimum Gasteiger partial charge on any atom is -0.355 e. The van der Waals surface area contributed by atoms with Crippen molar-refractivity contribution in [3.63, 3.8) is 0 Å². The van der Waals surface area contributed by atoms with Crippen LogP contribution in [0.1, 0.15) is 12.6 Å². The first kappa shape index (κ1) is 20.8. The van der Waals surface area contributed by atoms with Crippen LogP contribution in [0.5, 0.6) is 0 Å². The number of hydrogen-bond donors (Lipinski definition) is 2. The largest absolute Gasteiger partial charge is 0.355 e. The molecule has 0 aliphatic rings. The molecule has 0 fully saturated rings. The predicted molar refractivity (Wildman–Crippen MR) is 94.8 cm³/mol. The Balaban J connectivity index is 0.00000220. The Kier molecular flexibility index (Phi) is 9.93. The SMILES string of the molecule is CC(CN)CNC(=O)Cc1csc(-c2cccnc2)n1.Cl.Cl. The predicted octanol–water partition coefficient (Wildman–Crippen LogP) is 2.30. The van der Waals surface area contributed by atoms with Gasteiger partial charge in [-0.2, -0.15) is 0 Å². The Morgan fingerprint density at radius 2 is 2.23 bits per heavy atom. The number of pyridine rings is 1. The molecule has 0 bridgehead atoms. The van der Waals surface area contributed by atoms with Crippen LogP contribution >= 0.6 is 36.2 Å². The Bertz CT molecular complexity index is 565. The molecule has 1 amide bonds. The van der Waals surface area contributed by atoms with Gasteiger partial charge < -0.3 is 11.1 Å². The van der Waals surface area contributed by atoms with Gasteiger partial charge in [-0.3, -0.25) is 9.78 Å². The van der Waals surface area contributed by atoms with E-state index in [9.17, 15) is 4.79 Å². The number of hydrogen-bond acceptors (Lipinski definition) is 5. The molecule has 2 aromatic heterocycles. The maximum Gasteiger partial charge on any atom is 0.226 e. The van der Waals surface area contributed by atoms with Gasteiger partial charge in [-0.1, -0.05) is 6.92 Å². The Morgan fingerprint density at radius 1 is 1.45 bits per heavy atom. The summed E-state index contributed by atoms with van der Waals surface area (Å²) in [6, 6.07) is 3.83. The second kappa shape index (κ2) is 10.5. The van der Waals surface area contributed by atoms with E-state index in [1.54, 1.807) is 12.4 Å². The fourth-order valence-corrected chi connectivity index (χ4v) is 2.42. The molecule has 2 heterocycles. The van der Waals surface area contributed by atoms with Crippen molar-refractivity contribution in [1.29, 1.82) is 0 Å². The highest BCUT2D eigenvalue weighted by Gasteiger charge is 2.09. The van der Waals surface area contributed by atoms with Crippen LogP contribution in [0.3, 0.4) is 0 Å². The monoisotopic (exact) mass is 362 g/mol. The van der Waals surface area contributed by atoms with E-state index in [0.29, 0.717) is 25.4 Å². The highest BCUT2D eigenvalue weighted by Crippen LogP contribution is 2.22. The molecule has 8 heteroatoms.